The molecular weight excluding hydrogens is 134 g/mol. The molecule has 0 aliphatic heterocycles. The zero-order valence-corrected chi connectivity index (χ0v) is 6.00. The smallest absolute Gasteiger partial charge is 0.404 e. The number of carbonyl (C=O) groups is 1. The molecule has 0 heterocycles. The number of amides is 1. The van der Waals surface area contributed by atoms with Crippen molar-refractivity contribution in [3.8, 4) is 0 Å². The summed E-state index contributed by atoms with van der Waals surface area (Å²) in [6.07, 6.45) is 0.177. The third-order valence-corrected chi connectivity index (χ3v) is 1.30. The second-order valence-electron chi connectivity index (χ2n) is 2.07. The average molecular weight is 147 g/mol. The van der Waals surface area contributed by atoms with Gasteiger partial charge in [0.25, 0.3) is 0 Å². The highest BCUT2D eigenvalue weighted by Gasteiger charge is 2.06. The minimum absolute atomic E-state index is 0.0266. The van der Waals surface area contributed by atoms with Gasteiger partial charge in [-0.05, 0) is 12.8 Å². The lowest BCUT2D eigenvalue weighted by Crippen LogP contribution is -2.33. The van der Waals surface area contributed by atoms with Gasteiger partial charge in [0.15, 0.2) is 0 Å². The summed E-state index contributed by atoms with van der Waals surface area (Å²) in [6, 6.07) is -0.109. The van der Waals surface area contributed by atoms with Crippen LogP contribution in [-0.2, 0) is 0 Å². The van der Waals surface area contributed by atoms with Gasteiger partial charge >= 0.3 is 6.09 Å². The second-order valence-corrected chi connectivity index (χ2v) is 2.07. The van der Waals surface area contributed by atoms with Crippen LogP contribution >= 0.6 is 0 Å². The third kappa shape index (κ3) is 4.14. The van der Waals surface area contributed by atoms with E-state index in [0.717, 1.165) is 0 Å². The van der Waals surface area contributed by atoms with Crippen LogP contribution in [0.25, 0.3) is 0 Å². The van der Waals surface area contributed by atoms with E-state index in [-0.39, 0.29) is 12.6 Å². The number of nitrogens with one attached hydrogen (secondary N) is 1. The van der Waals surface area contributed by atoms with Gasteiger partial charge in [-0.3, -0.25) is 0 Å². The fourth-order valence-corrected chi connectivity index (χ4v) is 0.709. The summed E-state index contributed by atoms with van der Waals surface area (Å²) < 4.78 is 0. The van der Waals surface area contributed by atoms with Crippen LogP contribution < -0.4 is 5.32 Å². The van der Waals surface area contributed by atoms with Gasteiger partial charge in [0.1, 0.15) is 0 Å². The van der Waals surface area contributed by atoms with E-state index in [4.69, 9.17) is 10.2 Å². The first-order valence-corrected chi connectivity index (χ1v) is 3.31. The molecule has 0 fully saturated rings. The molecular formula is C6H13NO3. The maximum absolute atomic E-state index is 10.1. The highest BCUT2D eigenvalue weighted by Crippen LogP contribution is 1.95. The number of hydrogen-bond donors (Lipinski definition) is 3. The Morgan fingerprint density at radius 3 is 2.60 bits per heavy atom. The summed E-state index contributed by atoms with van der Waals surface area (Å²) in [7, 11) is 0. The van der Waals surface area contributed by atoms with E-state index in [1.54, 1.807) is 0 Å². The Balaban J connectivity index is 3.49. The van der Waals surface area contributed by atoms with Crippen LogP contribution in [0.3, 0.4) is 0 Å². The molecule has 0 saturated carbocycles. The lowest BCUT2D eigenvalue weighted by atomic mass is 10.2. The molecule has 0 aromatic heterocycles. The monoisotopic (exact) mass is 147 g/mol. The van der Waals surface area contributed by atoms with E-state index in [0.29, 0.717) is 12.8 Å². The number of hydrogen-bond acceptors (Lipinski definition) is 2. The Labute approximate surface area is 59.9 Å². The molecule has 0 aromatic carbocycles. The molecule has 1 atom stereocenters. The minimum atomic E-state index is -1.03. The Hall–Kier alpha value is -0.770. The molecule has 0 bridgehead atoms. The molecule has 0 saturated heterocycles. The van der Waals surface area contributed by atoms with Gasteiger partial charge in [-0.15, -0.1) is 0 Å². The van der Waals surface area contributed by atoms with Crippen molar-refractivity contribution < 1.29 is 15.0 Å². The summed E-state index contributed by atoms with van der Waals surface area (Å²) in [4.78, 5) is 10.1. The zero-order chi connectivity index (χ0) is 7.98. The standard InChI is InChI=1S/C6H13NO3/c1-2-5(3-4-8)7-6(9)10/h5,7-8H,2-4H2,1H3,(H,9,10). The molecule has 0 radical (unpaired) electrons. The lowest BCUT2D eigenvalue weighted by molar-refractivity contribution is 0.185. The van der Waals surface area contributed by atoms with Crippen LogP contribution in [0, 0.1) is 0 Å². The van der Waals surface area contributed by atoms with Crippen LogP contribution in [0.15, 0.2) is 0 Å². The SMILES string of the molecule is CCC(CCO)NC(=O)O. The fraction of sp³-hybridized carbons (Fsp3) is 0.833. The van der Waals surface area contributed by atoms with Crippen molar-refractivity contribution in [1.82, 2.24) is 5.32 Å². The Morgan fingerprint density at radius 2 is 2.30 bits per heavy atom. The quantitative estimate of drug-likeness (QED) is 0.539. The van der Waals surface area contributed by atoms with Gasteiger partial charge in [-0.1, -0.05) is 6.92 Å². The number of carboxylic acid groups (broad SMARTS) is 1. The van der Waals surface area contributed by atoms with Crippen molar-refractivity contribution in [2.24, 2.45) is 0 Å². The van der Waals surface area contributed by atoms with E-state index in [2.05, 4.69) is 5.32 Å². The predicted octanol–water partition coefficient (Wildman–Crippen LogP) is 0.415. The Bertz CT molecular complexity index is 105. The van der Waals surface area contributed by atoms with Crippen molar-refractivity contribution in [2.45, 2.75) is 25.8 Å². The van der Waals surface area contributed by atoms with Crippen molar-refractivity contribution in [1.29, 1.82) is 0 Å². The van der Waals surface area contributed by atoms with Gasteiger partial charge in [-0.25, -0.2) is 4.79 Å². The van der Waals surface area contributed by atoms with E-state index < -0.39 is 6.09 Å². The number of aliphatic hydroxyl groups excluding tert-OH is 1. The van der Waals surface area contributed by atoms with Crippen LogP contribution in [0.4, 0.5) is 4.79 Å². The molecule has 0 aliphatic rings. The molecule has 4 heteroatoms. The van der Waals surface area contributed by atoms with Gasteiger partial charge in [0, 0.05) is 12.6 Å². The predicted molar refractivity (Wildman–Crippen MR) is 36.9 cm³/mol. The van der Waals surface area contributed by atoms with E-state index in [1.807, 2.05) is 6.92 Å². The first-order valence-electron chi connectivity index (χ1n) is 3.31. The normalized spacial score (nSPS) is 12.6. The summed E-state index contributed by atoms with van der Waals surface area (Å²) in [5, 5.41) is 19.0. The van der Waals surface area contributed by atoms with E-state index >= 15 is 0 Å². The zero-order valence-electron chi connectivity index (χ0n) is 6.00. The first-order chi connectivity index (χ1) is 4.70. The maximum atomic E-state index is 10.1. The topological polar surface area (TPSA) is 69.6 Å². The third-order valence-electron chi connectivity index (χ3n) is 1.30. The lowest BCUT2D eigenvalue weighted by Gasteiger charge is -2.11. The van der Waals surface area contributed by atoms with E-state index in [9.17, 15) is 4.79 Å². The number of aliphatic hydroxyl groups is 1. The Morgan fingerprint density at radius 1 is 1.70 bits per heavy atom. The molecule has 1 amide bonds. The van der Waals surface area contributed by atoms with Crippen LogP contribution in [0.1, 0.15) is 19.8 Å². The molecule has 0 spiro atoms. The van der Waals surface area contributed by atoms with Crippen molar-refractivity contribution in [3.05, 3.63) is 0 Å². The number of rotatable bonds is 4. The van der Waals surface area contributed by atoms with Crippen molar-refractivity contribution in [2.75, 3.05) is 6.61 Å². The average Bonchev–Trinajstić information content (AvgIpc) is 1.86. The molecule has 3 N–H and O–H groups in total. The van der Waals surface area contributed by atoms with Gasteiger partial charge in [-0.2, -0.15) is 0 Å². The van der Waals surface area contributed by atoms with Crippen molar-refractivity contribution in [3.63, 3.8) is 0 Å². The van der Waals surface area contributed by atoms with Gasteiger partial charge in [0.05, 0.1) is 0 Å². The van der Waals surface area contributed by atoms with Crippen LogP contribution in [0.5, 0.6) is 0 Å². The van der Waals surface area contributed by atoms with Gasteiger partial charge < -0.3 is 15.5 Å². The van der Waals surface area contributed by atoms with E-state index in [1.165, 1.54) is 0 Å². The maximum Gasteiger partial charge on any atom is 0.404 e. The molecule has 0 rings (SSSR count). The minimum Gasteiger partial charge on any atom is -0.465 e. The van der Waals surface area contributed by atoms with Crippen molar-refractivity contribution >= 4 is 6.09 Å². The highest BCUT2D eigenvalue weighted by molar-refractivity contribution is 5.64. The fourth-order valence-electron chi connectivity index (χ4n) is 0.709. The molecule has 10 heavy (non-hydrogen) atoms. The summed E-state index contributed by atoms with van der Waals surface area (Å²) in [5.41, 5.74) is 0. The second kappa shape index (κ2) is 5.05. The molecule has 0 aromatic rings. The first kappa shape index (κ1) is 9.23. The summed E-state index contributed by atoms with van der Waals surface area (Å²) in [6.45, 7) is 1.90. The van der Waals surface area contributed by atoms with Crippen LogP contribution in [0.2, 0.25) is 0 Å². The molecule has 4 nitrogen and oxygen atoms in total. The highest BCUT2D eigenvalue weighted by atomic mass is 16.4. The molecule has 0 aliphatic carbocycles. The Kier molecular flexibility index (Phi) is 4.66. The summed E-state index contributed by atoms with van der Waals surface area (Å²) >= 11 is 0. The van der Waals surface area contributed by atoms with Gasteiger partial charge in [0.2, 0.25) is 0 Å². The molecule has 1 unspecified atom stereocenters. The summed E-state index contributed by atoms with van der Waals surface area (Å²) in [5.74, 6) is 0. The largest absolute Gasteiger partial charge is 0.465 e. The molecule has 60 valence electrons. The van der Waals surface area contributed by atoms with Crippen LogP contribution in [-0.4, -0.2) is 29.0 Å².